The molecule has 2 aromatic carbocycles. The summed E-state index contributed by atoms with van der Waals surface area (Å²) in [4.78, 5) is 0. The molecule has 136 valence electrons. The molecule has 0 saturated heterocycles. The van der Waals surface area contributed by atoms with Gasteiger partial charge in [0.1, 0.15) is 5.75 Å². The van der Waals surface area contributed by atoms with Crippen LogP contribution in [0.4, 0.5) is 0 Å². The molecule has 0 radical (unpaired) electrons. The monoisotopic (exact) mass is 340 g/mol. The summed E-state index contributed by atoms with van der Waals surface area (Å²) >= 11 is 0. The predicted molar refractivity (Wildman–Crippen MR) is 105 cm³/mol. The lowest BCUT2D eigenvalue weighted by Crippen LogP contribution is -2.23. The van der Waals surface area contributed by atoms with Gasteiger partial charge in [0.25, 0.3) is 0 Å². The summed E-state index contributed by atoms with van der Waals surface area (Å²) < 4.78 is 11.7. The Hall–Kier alpha value is -1.80. The number of benzene rings is 2. The highest BCUT2D eigenvalue weighted by molar-refractivity contribution is 5.30. The van der Waals surface area contributed by atoms with Crippen LogP contribution in [0, 0.1) is 11.3 Å². The molecule has 25 heavy (non-hydrogen) atoms. The van der Waals surface area contributed by atoms with Crippen LogP contribution < -0.4 is 4.74 Å². The van der Waals surface area contributed by atoms with Crippen molar-refractivity contribution >= 4 is 0 Å². The highest BCUT2D eigenvalue weighted by Gasteiger charge is 2.28. The largest absolute Gasteiger partial charge is 0.465 e. The number of ether oxygens (including phenoxy) is 2. The van der Waals surface area contributed by atoms with E-state index in [2.05, 4.69) is 71.0 Å². The molecule has 0 aliphatic rings. The minimum atomic E-state index is -0.283. The maximum absolute atomic E-state index is 5.89. The van der Waals surface area contributed by atoms with Crippen molar-refractivity contribution in [2.45, 2.75) is 60.4 Å². The van der Waals surface area contributed by atoms with E-state index in [0.29, 0.717) is 18.4 Å². The molecule has 0 fully saturated rings. The maximum atomic E-state index is 5.89. The van der Waals surface area contributed by atoms with E-state index in [1.807, 2.05) is 25.1 Å². The fourth-order valence-corrected chi connectivity index (χ4v) is 3.65. The van der Waals surface area contributed by atoms with Crippen LogP contribution in [0.1, 0.15) is 58.6 Å². The van der Waals surface area contributed by atoms with E-state index in [-0.39, 0.29) is 11.7 Å². The summed E-state index contributed by atoms with van der Waals surface area (Å²) in [5, 5.41) is 0. The van der Waals surface area contributed by atoms with Crippen LogP contribution >= 0.6 is 0 Å². The second-order valence-corrected chi connectivity index (χ2v) is 8.14. The van der Waals surface area contributed by atoms with E-state index in [1.165, 1.54) is 5.56 Å². The zero-order valence-electron chi connectivity index (χ0n) is 16.5. The first-order valence-electron chi connectivity index (χ1n) is 9.19. The van der Waals surface area contributed by atoms with E-state index in [1.54, 1.807) is 0 Å². The zero-order valence-corrected chi connectivity index (χ0v) is 16.5. The molecule has 2 rings (SSSR count). The van der Waals surface area contributed by atoms with Gasteiger partial charge >= 0.3 is 0 Å². The van der Waals surface area contributed by atoms with Crippen LogP contribution in [0.15, 0.2) is 54.6 Å². The summed E-state index contributed by atoms with van der Waals surface area (Å²) in [5.41, 5.74) is 2.76. The van der Waals surface area contributed by atoms with Crippen LogP contribution in [0.3, 0.4) is 0 Å². The molecule has 2 heteroatoms. The first-order valence-corrected chi connectivity index (χ1v) is 9.19. The summed E-state index contributed by atoms with van der Waals surface area (Å²) in [6.07, 6.45) is -0.283. The average molecular weight is 341 g/mol. The molecule has 0 bridgehead atoms. The summed E-state index contributed by atoms with van der Waals surface area (Å²) in [6, 6.07) is 18.6. The molecule has 2 atom stereocenters. The van der Waals surface area contributed by atoms with E-state index in [4.69, 9.17) is 9.47 Å². The Balaban J connectivity index is 1.95. The van der Waals surface area contributed by atoms with E-state index in [9.17, 15) is 0 Å². The molecule has 2 nitrogen and oxygen atoms in total. The number of hydrogen-bond donors (Lipinski definition) is 0. The van der Waals surface area contributed by atoms with Crippen molar-refractivity contribution < 1.29 is 9.47 Å². The molecule has 0 spiro atoms. The smallest absolute Gasteiger partial charge is 0.197 e. The van der Waals surface area contributed by atoms with Crippen molar-refractivity contribution in [3.63, 3.8) is 0 Å². The molecule has 0 heterocycles. The normalized spacial score (nSPS) is 14.4. The van der Waals surface area contributed by atoms with Crippen LogP contribution in [0.2, 0.25) is 0 Å². The van der Waals surface area contributed by atoms with Crippen molar-refractivity contribution in [1.82, 2.24) is 0 Å². The van der Waals surface area contributed by atoms with Crippen molar-refractivity contribution in [1.29, 1.82) is 0 Å². The van der Waals surface area contributed by atoms with Gasteiger partial charge in [-0.2, -0.15) is 0 Å². The summed E-state index contributed by atoms with van der Waals surface area (Å²) in [7, 11) is 0. The number of rotatable bonds is 7. The van der Waals surface area contributed by atoms with Gasteiger partial charge in [-0.1, -0.05) is 77.1 Å². The molecule has 0 saturated carbocycles. The highest BCUT2D eigenvalue weighted by atomic mass is 16.7. The Morgan fingerprint density at radius 2 is 1.44 bits per heavy atom. The Morgan fingerprint density at radius 1 is 0.840 bits per heavy atom. The van der Waals surface area contributed by atoms with Crippen LogP contribution in [-0.2, 0) is 11.3 Å². The molecular formula is C23H32O2. The Labute approximate surface area is 153 Å². The van der Waals surface area contributed by atoms with Gasteiger partial charge in [-0.25, -0.2) is 0 Å². The van der Waals surface area contributed by atoms with Gasteiger partial charge in [0.05, 0.1) is 6.61 Å². The molecule has 0 N–H and O–H groups in total. The SMILES string of the molecule is CC(OCc1ccccc1)Oc1ccc(C(C(C)C)C(C)(C)C)cc1. The zero-order chi connectivity index (χ0) is 18.4. The van der Waals surface area contributed by atoms with Crippen molar-refractivity contribution in [2.75, 3.05) is 0 Å². The molecule has 0 aliphatic heterocycles. The Morgan fingerprint density at radius 3 is 1.96 bits per heavy atom. The lowest BCUT2D eigenvalue weighted by atomic mass is 9.70. The van der Waals surface area contributed by atoms with E-state index in [0.717, 1.165) is 11.3 Å². The van der Waals surface area contributed by atoms with Crippen LogP contribution in [0.25, 0.3) is 0 Å². The minimum absolute atomic E-state index is 0.239. The third-order valence-corrected chi connectivity index (χ3v) is 4.47. The lowest BCUT2D eigenvalue weighted by molar-refractivity contribution is -0.0759. The molecule has 0 amide bonds. The van der Waals surface area contributed by atoms with Gasteiger partial charge in [0, 0.05) is 0 Å². The lowest BCUT2D eigenvalue weighted by Gasteiger charge is -2.34. The first-order chi connectivity index (χ1) is 11.8. The van der Waals surface area contributed by atoms with Crippen molar-refractivity contribution in [3.8, 4) is 5.75 Å². The Kier molecular flexibility index (Phi) is 6.66. The topological polar surface area (TPSA) is 18.5 Å². The quantitative estimate of drug-likeness (QED) is 0.542. The Bertz CT molecular complexity index is 623. The minimum Gasteiger partial charge on any atom is -0.465 e. The average Bonchev–Trinajstić information content (AvgIpc) is 2.54. The predicted octanol–water partition coefficient (Wildman–Crippen LogP) is 6.41. The standard InChI is InChI=1S/C23H32O2/c1-17(2)22(23(4,5)6)20-12-14-21(15-13-20)25-18(3)24-16-19-10-8-7-9-11-19/h7-15,17-18,22H,16H2,1-6H3. The molecular weight excluding hydrogens is 308 g/mol. The van der Waals surface area contributed by atoms with E-state index < -0.39 is 0 Å². The van der Waals surface area contributed by atoms with Crippen molar-refractivity contribution in [3.05, 3.63) is 65.7 Å². The van der Waals surface area contributed by atoms with Gasteiger partial charge < -0.3 is 9.47 Å². The fraction of sp³-hybridized carbons (Fsp3) is 0.478. The molecule has 2 aromatic rings. The van der Waals surface area contributed by atoms with Gasteiger partial charge in [0.15, 0.2) is 6.29 Å². The number of hydrogen-bond acceptors (Lipinski definition) is 2. The first kappa shape index (κ1) is 19.5. The molecule has 0 aliphatic carbocycles. The van der Waals surface area contributed by atoms with Crippen LogP contribution in [-0.4, -0.2) is 6.29 Å². The van der Waals surface area contributed by atoms with Gasteiger partial charge in [-0.15, -0.1) is 0 Å². The summed E-state index contributed by atoms with van der Waals surface area (Å²) in [5.74, 6) is 1.97. The van der Waals surface area contributed by atoms with Gasteiger partial charge in [-0.3, -0.25) is 0 Å². The summed E-state index contributed by atoms with van der Waals surface area (Å²) in [6.45, 7) is 14.0. The maximum Gasteiger partial charge on any atom is 0.197 e. The second-order valence-electron chi connectivity index (χ2n) is 8.14. The highest BCUT2D eigenvalue weighted by Crippen LogP contribution is 2.40. The molecule has 2 unspecified atom stereocenters. The van der Waals surface area contributed by atoms with E-state index >= 15 is 0 Å². The van der Waals surface area contributed by atoms with Gasteiger partial charge in [0.2, 0.25) is 0 Å². The molecule has 0 aromatic heterocycles. The van der Waals surface area contributed by atoms with Gasteiger partial charge in [-0.05, 0) is 47.4 Å². The second kappa shape index (κ2) is 8.53. The third kappa shape index (κ3) is 5.89. The van der Waals surface area contributed by atoms with Crippen LogP contribution in [0.5, 0.6) is 5.75 Å². The fourth-order valence-electron chi connectivity index (χ4n) is 3.65. The third-order valence-electron chi connectivity index (χ3n) is 4.47. The van der Waals surface area contributed by atoms with Crippen molar-refractivity contribution in [2.24, 2.45) is 11.3 Å².